The van der Waals surface area contributed by atoms with Crippen molar-refractivity contribution in [3.63, 3.8) is 0 Å². The van der Waals surface area contributed by atoms with Crippen molar-refractivity contribution >= 4 is 5.91 Å². The molecule has 6 nitrogen and oxygen atoms in total. The van der Waals surface area contributed by atoms with Crippen LogP contribution >= 0.6 is 0 Å². The number of aromatic nitrogens is 1. The van der Waals surface area contributed by atoms with Gasteiger partial charge in [0.25, 0.3) is 5.91 Å². The van der Waals surface area contributed by atoms with Crippen LogP contribution in [0.3, 0.4) is 0 Å². The number of rotatable bonds is 6. The summed E-state index contributed by atoms with van der Waals surface area (Å²) in [5, 5.41) is 0. The van der Waals surface area contributed by atoms with Gasteiger partial charge in [-0.1, -0.05) is 6.07 Å². The van der Waals surface area contributed by atoms with E-state index < -0.39 is 0 Å². The van der Waals surface area contributed by atoms with Gasteiger partial charge < -0.3 is 14.4 Å². The van der Waals surface area contributed by atoms with Crippen LogP contribution in [0.5, 0.6) is 0 Å². The Labute approximate surface area is 143 Å². The molecule has 3 atom stereocenters. The molecule has 1 aromatic heterocycles. The molecule has 0 N–H and O–H groups in total. The number of fused-ring (bicyclic) bond motifs is 1. The monoisotopic (exact) mass is 333 g/mol. The lowest BCUT2D eigenvalue weighted by atomic mass is 9.98. The topological polar surface area (TPSA) is 54.9 Å². The summed E-state index contributed by atoms with van der Waals surface area (Å²) < 4.78 is 11.3. The Morgan fingerprint density at radius 3 is 3.04 bits per heavy atom. The van der Waals surface area contributed by atoms with E-state index in [9.17, 15) is 4.79 Å². The molecule has 0 unspecified atom stereocenters. The van der Waals surface area contributed by atoms with Gasteiger partial charge in [-0.2, -0.15) is 0 Å². The highest BCUT2D eigenvalue weighted by Gasteiger charge is 2.41. The van der Waals surface area contributed by atoms with Crippen LogP contribution in [0.25, 0.3) is 0 Å². The van der Waals surface area contributed by atoms with Gasteiger partial charge >= 0.3 is 0 Å². The zero-order valence-corrected chi connectivity index (χ0v) is 14.6. The summed E-state index contributed by atoms with van der Waals surface area (Å²) in [5.74, 6) is 0.0643. The second-order valence-electron chi connectivity index (χ2n) is 6.64. The number of hydrogen-bond donors (Lipinski definition) is 0. The van der Waals surface area contributed by atoms with Crippen LogP contribution < -0.4 is 0 Å². The van der Waals surface area contributed by atoms with Gasteiger partial charge in [0.2, 0.25) is 0 Å². The zero-order chi connectivity index (χ0) is 16.9. The third kappa shape index (κ3) is 3.94. The average molecular weight is 333 g/mol. The molecule has 2 saturated heterocycles. The van der Waals surface area contributed by atoms with Crippen molar-refractivity contribution in [1.29, 1.82) is 0 Å². The first-order chi connectivity index (χ1) is 11.7. The van der Waals surface area contributed by atoms with E-state index >= 15 is 0 Å². The van der Waals surface area contributed by atoms with Gasteiger partial charge in [-0.3, -0.25) is 14.7 Å². The van der Waals surface area contributed by atoms with Gasteiger partial charge in [0, 0.05) is 39.5 Å². The van der Waals surface area contributed by atoms with Gasteiger partial charge in [0.15, 0.2) is 0 Å². The minimum atomic E-state index is -0.317. The van der Waals surface area contributed by atoms with E-state index in [-0.39, 0.29) is 18.1 Å². The van der Waals surface area contributed by atoms with Gasteiger partial charge in [-0.05, 0) is 31.4 Å². The molecule has 0 radical (unpaired) electrons. The number of pyridine rings is 1. The fraction of sp³-hybridized carbons (Fsp3) is 0.667. The summed E-state index contributed by atoms with van der Waals surface area (Å²) in [6.45, 7) is 3.24. The Morgan fingerprint density at radius 2 is 2.29 bits per heavy atom. The first kappa shape index (κ1) is 17.3. The Kier molecular flexibility index (Phi) is 5.81. The van der Waals surface area contributed by atoms with E-state index in [1.165, 1.54) is 0 Å². The molecule has 1 aromatic rings. The highest BCUT2D eigenvalue weighted by molar-refractivity contribution is 5.80. The molecule has 24 heavy (non-hydrogen) atoms. The lowest BCUT2D eigenvalue weighted by Crippen LogP contribution is -2.48. The van der Waals surface area contributed by atoms with Crippen LogP contribution in [-0.4, -0.2) is 72.8 Å². The van der Waals surface area contributed by atoms with Gasteiger partial charge in [0.1, 0.15) is 6.10 Å². The number of carbonyl (C=O) groups is 1. The lowest BCUT2D eigenvalue weighted by molar-refractivity contribution is -0.153. The second-order valence-corrected chi connectivity index (χ2v) is 6.64. The van der Waals surface area contributed by atoms with Crippen molar-refractivity contribution in [2.45, 2.75) is 44.1 Å². The second kappa shape index (κ2) is 8.05. The number of likely N-dealkylation sites (tertiary alicyclic amines) is 1. The molecule has 3 heterocycles. The minimum absolute atomic E-state index is 0.0643. The van der Waals surface area contributed by atoms with Gasteiger partial charge in [-0.15, -0.1) is 0 Å². The highest BCUT2D eigenvalue weighted by Crippen LogP contribution is 2.31. The number of likely N-dealkylation sites (N-methyl/N-ethyl adjacent to an activating group) is 1. The summed E-state index contributed by atoms with van der Waals surface area (Å²) in [6.07, 6.45) is 4.42. The number of amides is 1. The van der Waals surface area contributed by atoms with Gasteiger partial charge in [0.05, 0.1) is 24.9 Å². The molecule has 1 amide bonds. The first-order valence-corrected chi connectivity index (χ1v) is 8.72. The fourth-order valence-corrected chi connectivity index (χ4v) is 3.74. The van der Waals surface area contributed by atoms with Gasteiger partial charge in [-0.25, -0.2) is 0 Å². The maximum atomic E-state index is 12.7. The molecule has 0 aliphatic carbocycles. The Hall–Kier alpha value is -1.50. The quantitative estimate of drug-likeness (QED) is 0.786. The van der Waals surface area contributed by atoms with Crippen molar-refractivity contribution in [2.24, 2.45) is 0 Å². The minimum Gasteiger partial charge on any atom is -0.383 e. The summed E-state index contributed by atoms with van der Waals surface area (Å²) in [4.78, 5) is 21.1. The molecule has 0 saturated carbocycles. The predicted molar refractivity (Wildman–Crippen MR) is 90.5 cm³/mol. The standard InChI is InChI=1S/C18H27N3O3/c1-20(13-14-5-3-4-9-19-14)18(22)17-7-6-15-16(24-17)8-10-21(15)11-12-23-2/h3-5,9,15-17H,6-8,10-13H2,1-2H3/t15-,16-,17-/m1/s1. The van der Waals surface area contributed by atoms with Crippen molar-refractivity contribution in [2.75, 3.05) is 33.9 Å². The van der Waals surface area contributed by atoms with E-state index in [0.29, 0.717) is 12.6 Å². The van der Waals surface area contributed by atoms with E-state index in [4.69, 9.17) is 9.47 Å². The highest BCUT2D eigenvalue weighted by atomic mass is 16.5. The Morgan fingerprint density at radius 1 is 1.42 bits per heavy atom. The largest absolute Gasteiger partial charge is 0.383 e. The Balaban J connectivity index is 1.53. The molecular formula is C18H27N3O3. The SMILES string of the molecule is COCCN1CC[C@H]2O[C@@H](C(=O)N(C)Cc3ccccn3)CC[C@H]21. The summed E-state index contributed by atoms with van der Waals surface area (Å²) in [5.41, 5.74) is 0.897. The van der Waals surface area contributed by atoms with Crippen molar-refractivity contribution < 1.29 is 14.3 Å². The van der Waals surface area contributed by atoms with Crippen molar-refractivity contribution in [3.05, 3.63) is 30.1 Å². The first-order valence-electron chi connectivity index (χ1n) is 8.72. The molecule has 132 valence electrons. The van der Waals surface area contributed by atoms with Crippen molar-refractivity contribution in [3.8, 4) is 0 Å². The fourth-order valence-electron chi connectivity index (χ4n) is 3.74. The molecule has 6 heteroatoms. The summed E-state index contributed by atoms with van der Waals surface area (Å²) >= 11 is 0. The van der Waals surface area contributed by atoms with Crippen LogP contribution in [0, 0.1) is 0 Å². The number of hydrogen-bond acceptors (Lipinski definition) is 5. The lowest BCUT2D eigenvalue weighted by Gasteiger charge is -2.36. The summed E-state index contributed by atoms with van der Waals surface area (Å²) in [6, 6.07) is 6.19. The van der Waals surface area contributed by atoms with Crippen LogP contribution in [-0.2, 0) is 20.8 Å². The van der Waals surface area contributed by atoms with E-state index in [1.54, 1.807) is 18.2 Å². The van der Waals surface area contributed by atoms with Crippen LogP contribution in [0.2, 0.25) is 0 Å². The molecule has 0 bridgehead atoms. The third-order valence-electron chi connectivity index (χ3n) is 5.02. The molecular weight excluding hydrogens is 306 g/mol. The normalized spacial score (nSPS) is 27.0. The molecule has 0 aromatic carbocycles. The van der Waals surface area contributed by atoms with Crippen LogP contribution in [0.15, 0.2) is 24.4 Å². The number of carbonyl (C=O) groups excluding carboxylic acids is 1. The third-order valence-corrected chi connectivity index (χ3v) is 5.02. The molecule has 3 rings (SSSR count). The Bertz CT molecular complexity index is 540. The molecule has 2 aliphatic rings. The van der Waals surface area contributed by atoms with E-state index in [0.717, 1.165) is 44.7 Å². The average Bonchev–Trinajstić information content (AvgIpc) is 3.02. The van der Waals surface area contributed by atoms with Crippen LogP contribution in [0.4, 0.5) is 0 Å². The maximum absolute atomic E-state index is 12.7. The van der Waals surface area contributed by atoms with Crippen molar-refractivity contribution in [1.82, 2.24) is 14.8 Å². The number of nitrogens with zero attached hydrogens (tertiary/aromatic N) is 3. The predicted octanol–water partition coefficient (Wildman–Crippen LogP) is 1.31. The summed E-state index contributed by atoms with van der Waals surface area (Å²) in [7, 11) is 3.56. The molecule has 2 fully saturated rings. The van der Waals surface area contributed by atoms with Crippen LogP contribution in [0.1, 0.15) is 25.0 Å². The number of ether oxygens (including phenoxy) is 2. The van der Waals surface area contributed by atoms with E-state index in [1.807, 2.05) is 25.2 Å². The maximum Gasteiger partial charge on any atom is 0.251 e. The zero-order valence-electron chi connectivity index (χ0n) is 14.6. The molecule has 0 spiro atoms. The smallest absolute Gasteiger partial charge is 0.251 e. The molecule has 2 aliphatic heterocycles. The van der Waals surface area contributed by atoms with E-state index in [2.05, 4.69) is 9.88 Å². The number of methoxy groups -OCH3 is 1.